The first-order valence-electron chi connectivity index (χ1n) is 10.2. The molecule has 1 aliphatic carbocycles. The molecule has 1 unspecified atom stereocenters. The van der Waals surface area contributed by atoms with E-state index in [1.165, 1.54) is 11.0 Å². The number of nitro groups is 1. The van der Waals surface area contributed by atoms with E-state index in [4.69, 9.17) is 0 Å². The molecule has 2 aliphatic rings. The lowest BCUT2D eigenvalue weighted by molar-refractivity contribution is -0.384. The van der Waals surface area contributed by atoms with Crippen LogP contribution in [0.4, 0.5) is 11.4 Å². The van der Waals surface area contributed by atoms with E-state index in [1.54, 1.807) is 30.0 Å². The van der Waals surface area contributed by atoms with Crippen LogP contribution in [0.15, 0.2) is 64.7 Å². The number of anilines is 1. The minimum Gasteiger partial charge on any atom is -0.294 e. The molecule has 2 aromatic carbocycles. The summed E-state index contributed by atoms with van der Waals surface area (Å²) in [5.74, 6) is -0.542. The van der Waals surface area contributed by atoms with Gasteiger partial charge < -0.3 is 0 Å². The minimum atomic E-state index is -0.480. The summed E-state index contributed by atoms with van der Waals surface area (Å²) in [6, 6.07) is 14.2. The van der Waals surface area contributed by atoms with E-state index < -0.39 is 4.92 Å². The molecule has 31 heavy (non-hydrogen) atoms. The van der Waals surface area contributed by atoms with Crippen LogP contribution in [0.1, 0.15) is 44.6 Å². The van der Waals surface area contributed by atoms with Gasteiger partial charge in [0, 0.05) is 41.0 Å². The Bertz CT molecular complexity index is 1100. The van der Waals surface area contributed by atoms with Gasteiger partial charge in [-0.25, -0.2) is 0 Å². The van der Waals surface area contributed by atoms with Gasteiger partial charge in [0.15, 0.2) is 5.78 Å². The van der Waals surface area contributed by atoms with Crippen molar-refractivity contribution in [3.63, 3.8) is 0 Å². The van der Waals surface area contributed by atoms with Crippen LogP contribution in [0.25, 0.3) is 0 Å². The molecule has 0 aromatic heterocycles. The number of carbonyl (C=O) groups excluding carboxylic acids is 2. The van der Waals surface area contributed by atoms with Crippen molar-refractivity contribution in [2.75, 3.05) is 11.2 Å². The molecule has 4 rings (SSSR count). The Hall–Kier alpha value is -2.93. The Morgan fingerprint density at radius 3 is 2.39 bits per heavy atom. The number of thioether (sulfide) groups is 1. The van der Waals surface area contributed by atoms with Crippen molar-refractivity contribution >= 4 is 34.8 Å². The van der Waals surface area contributed by atoms with E-state index >= 15 is 0 Å². The van der Waals surface area contributed by atoms with Gasteiger partial charge in [-0.05, 0) is 41.9 Å². The summed E-state index contributed by atoms with van der Waals surface area (Å²) in [5.41, 5.74) is 1.91. The first-order chi connectivity index (χ1) is 14.7. The van der Waals surface area contributed by atoms with Gasteiger partial charge in [0.1, 0.15) is 5.69 Å². The number of allylic oxidation sites excluding steroid dienone is 2. The number of amides is 1. The van der Waals surface area contributed by atoms with Crippen LogP contribution in [-0.4, -0.2) is 22.9 Å². The van der Waals surface area contributed by atoms with Crippen molar-refractivity contribution in [3.05, 3.63) is 75.5 Å². The second kappa shape index (κ2) is 7.96. The monoisotopic (exact) mass is 436 g/mol. The van der Waals surface area contributed by atoms with Crippen molar-refractivity contribution < 1.29 is 14.5 Å². The molecular weight excluding hydrogens is 412 g/mol. The number of hydrogen-bond donors (Lipinski definition) is 0. The lowest BCUT2D eigenvalue weighted by Gasteiger charge is -2.42. The number of hydrogen-bond acceptors (Lipinski definition) is 5. The van der Waals surface area contributed by atoms with Gasteiger partial charge in [-0.15, -0.1) is 11.8 Å². The maximum Gasteiger partial charge on any atom is 0.293 e. The summed E-state index contributed by atoms with van der Waals surface area (Å²) >= 11 is 1.63. The summed E-state index contributed by atoms with van der Waals surface area (Å²) < 4.78 is 0. The molecular formula is C24H24N2O4S. The molecule has 0 fully saturated rings. The van der Waals surface area contributed by atoms with E-state index in [0.29, 0.717) is 24.1 Å². The molecule has 160 valence electrons. The van der Waals surface area contributed by atoms with Crippen molar-refractivity contribution in [2.24, 2.45) is 5.41 Å². The molecule has 0 radical (unpaired) electrons. The number of nitro benzene ring substituents is 1. The molecule has 0 saturated heterocycles. The Balaban J connectivity index is 1.91. The molecule has 7 heteroatoms. The highest BCUT2D eigenvalue weighted by Gasteiger charge is 2.45. The fourth-order valence-electron chi connectivity index (χ4n) is 4.62. The Morgan fingerprint density at radius 2 is 1.74 bits per heavy atom. The molecule has 0 saturated carbocycles. The highest BCUT2D eigenvalue weighted by Crippen LogP contribution is 2.49. The van der Waals surface area contributed by atoms with Crippen LogP contribution in [-0.2, 0) is 9.59 Å². The predicted octanol–water partition coefficient (Wildman–Crippen LogP) is 5.48. The Morgan fingerprint density at radius 1 is 1.06 bits per heavy atom. The van der Waals surface area contributed by atoms with Crippen LogP contribution in [0.5, 0.6) is 0 Å². The van der Waals surface area contributed by atoms with Gasteiger partial charge in [0.2, 0.25) is 5.91 Å². The molecule has 1 atom stereocenters. The highest BCUT2D eigenvalue weighted by atomic mass is 32.2. The zero-order valence-corrected chi connectivity index (χ0v) is 18.6. The number of para-hydroxylation sites is 2. The van der Waals surface area contributed by atoms with Crippen molar-refractivity contribution in [2.45, 2.75) is 43.9 Å². The van der Waals surface area contributed by atoms with Gasteiger partial charge in [0.25, 0.3) is 5.69 Å². The number of nitrogens with zero attached hydrogens (tertiary/aromatic N) is 2. The van der Waals surface area contributed by atoms with Gasteiger partial charge in [-0.2, -0.15) is 0 Å². The van der Waals surface area contributed by atoms with Gasteiger partial charge in [-0.1, -0.05) is 38.1 Å². The largest absolute Gasteiger partial charge is 0.294 e. The number of Topliss-reactive ketones (excluding diaryl/α,β-unsaturated/α-hetero) is 1. The second-order valence-electron chi connectivity index (χ2n) is 8.81. The van der Waals surface area contributed by atoms with Crippen LogP contribution in [0.3, 0.4) is 0 Å². The van der Waals surface area contributed by atoms with Gasteiger partial charge >= 0.3 is 0 Å². The summed E-state index contributed by atoms with van der Waals surface area (Å²) in [6.45, 7) is 3.99. The topological polar surface area (TPSA) is 80.5 Å². The highest BCUT2D eigenvalue weighted by molar-refractivity contribution is 7.98. The van der Waals surface area contributed by atoms with Gasteiger partial charge in [0.05, 0.1) is 4.92 Å². The second-order valence-corrected chi connectivity index (χ2v) is 9.69. The smallest absolute Gasteiger partial charge is 0.293 e. The average Bonchev–Trinajstić information content (AvgIpc) is 2.72. The SMILES string of the molecule is CSc1ccc(C2CC(=O)N(c3ccccc3[N+](=O)[O-])C3=C2C(=O)CC(C)(C)C3)cc1. The van der Waals surface area contributed by atoms with Crippen LogP contribution in [0, 0.1) is 15.5 Å². The van der Waals surface area contributed by atoms with Crippen LogP contribution in [0.2, 0.25) is 0 Å². The Kier molecular flexibility index (Phi) is 5.47. The normalized spacial score (nSPS) is 20.6. The first kappa shape index (κ1) is 21.3. The quantitative estimate of drug-likeness (QED) is 0.360. The average molecular weight is 437 g/mol. The summed E-state index contributed by atoms with van der Waals surface area (Å²) in [6.07, 6.45) is 3.00. The standard InChI is InChI=1S/C24H24N2O4S/c1-24(2)13-20-23(21(27)14-24)17(15-8-10-16(31-3)11-9-15)12-22(28)25(20)18-6-4-5-7-19(18)26(29)30/h4-11,17H,12-14H2,1-3H3. The summed E-state index contributed by atoms with van der Waals surface area (Å²) in [5, 5.41) is 11.7. The van der Waals surface area contributed by atoms with Crippen LogP contribution < -0.4 is 4.90 Å². The number of carbonyl (C=O) groups is 2. The minimum absolute atomic E-state index is 0.0151. The first-order valence-corrected chi connectivity index (χ1v) is 11.4. The molecule has 1 heterocycles. The number of rotatable bonds is 4. The zero-order valence-electron chi connectivity index (χ0n) is 17.8. The third kappa shape index (κ3) is 3.90. The fourth-order valence-corrected chi connectivity index (χ4v) is 5.03. The molecule has 0 spiro atoms. The van der Waals surface area contributed by atoms with E-state index in [9.17, 15) is 19.7 Å². The molecule has 1 amide bonds. The number of benzene rings is 2. The molecule has 0 bridgehead atoms. The van der Waals surface area contributed by atoms with E-state index in [2.05, 4.69) is 0 Å². The maximum absolute atomic E-state index is 13.4. The van der Waals surface area contributed by atoms with E-state index in [0.717, 1.165) is 10.5 Å². The molecule has 0 N–H and O–H groups in total. The van der Waals surface area contributed by atoms with Gasteiger partial charge in [-0.3, -0.25) is 24.6 Å². The lowest BCUT2D eigenvalue weighted by atomic mass is 9.69. The fraction of sp³-hybridized carbons (Fsp3) is 0.333. The van der Waals surface area contributed by atoms with Crippen LogP contribution >= 0.6 is 11.8 Å². The Labute approximate surface area is 185 Å². The third-order valence-corrected chi connectivity index (χ3v) is 6.72. The molecule has 6 nitrogen and oxygen atoms in total. The third-order valence-electron chi connectivity index (χ3n) is 5.98. The summed E-state index contributed by atoms with van der Waals surface area (Å²) in [4.78, 5) is 40.4. The van der Waals surface area contributed by atoms with Crippen molar-refractivity contribution in [1.29, 1.82) is 0 Å². The van der Waals surface area contributed by atoms with E-state index in [1.807, 2.05) is 44.4 Å². The zero-order chi connectivity index (χ0) is 22.3. The van der Waals surface area contributed by atoms with Crippen molar-refractivity contribution in [1.82, 2.24) is 0 Å². The molecule has 1 aliphatic heterocycles. The molecule has 2 aromatic rings. The predicted molar refractivity (Wildman–Crippen MR) is 121 cm³/mol. The van der Waals surface area contributed by atoms with Crippen molar-refractivity contribution in [3.8, 4) is 0 Å². The van der Waals surface area contributed by atoms with E-state index in [-0.39, 0.29) is 40.8 Å². The number of ketones is 1. The lowest BCUT2D eigenvalue weighted by Crippen LogP contribution is -2.44. The summed E-state index contributed by atoms with van der Waals surface area (Å²) in [7, 11) is 0. The maximum atomic E-state index is 13.4.